The Labute approximate surface area is 219 Å². The number of pyridine rings is 1. The van der Waals surface area contributed by atoms with Crippen LogP contribution in [0.15, 0.2) is 85.2 Å². The van der Waals surface area contributed by atoms with Crippen LogP contribution in [0.25, 0.3) is 5.69 Å². The number of halogens is 1. The molecule has 0 amide bonds. The summed E-state index contributed by atoms with van der Waals surface area (Å²) in [6.07, 6.45) is 3.76. The van der Waals surface area contributed by atoms with Crippen molar-refractivity contribution in [3.8, 4) is 11.4 Å². The van der Waals surface area contributed by atoms with Crippen LogP contribution >= 0.6 is 23.8 Å². The lowest BCUT2D eigenvalue weighted by Crippen LogP contribution is -2.30. The topological polar surface area (TPSA) is 68.6 Å². The van der Waals surface area contributed by atoms with Crippen molar-refractivity contribution in [3.05, 3.63) is 107 Å². The second-order valence-electron chi connectivity index (χ2n) is 8.16. The van der Waals surface area contributed by atoms with Crippen molar-refractivity contribution in [2.24, 2.45) is 0 Å². The fourth-order valence-electron chi connectivity index (χ4n) is 4.48. The number of hydrogen-bond acceptors (Lipinski definition) is 5. The summed E-state index contributed by atoms with van der Waals surface area (Å²) in [6.45, 7) is 0. The van der Waals surface area contributed by atoms with Gasteiger partial charge in [-0.1, -0.05) is 17.7 Å². The number of carbonyl (C=O) groups excluding carboxylic acids is 1. The Morgan fingerprint density at radius 1 is 1.03 bits per heavy atom. The van der Waals surface area contributed by atoms with Gasteiger partial charge in [0.1, 0.15) is 11.8 Å². The number of nitrogens with zero attached hydrogens (tertiary/aromatic N) is 3. The van der Waals surface area contributed by atoms with Gasteiger partial charge in [-0.05, 0) is 78.9 Å². The van der Waals surface area contributed by atoms with Crippen LogP contribution in [0.2, 0.25) is 5.02 Å². The Morgan fingerprint density at radius 3 is 2.47 bits per heavy atom. The van der Waals surface area contributed by atoms with E-state index in [1.54, 1.807) is 25.4 Å². The number of aromatic nitrogens is 2. The van der Waals surface area contributed by atoms with Gasteiger partial charge >= 0.3 is 5.97 Å². The smallest absolute Gasteiger partial charge is 0.337 e. The number of thiocarbonyl (C=S) groups is 1. The second-order valence-corrected chi connectivity index (χ2v) is 8.95. The van der Waals surface area contributed by atoms with Crippen LogP contribution < -0.4 is 15.0 Å². The Kier molecular flexibility index (Phi) is 6.63. The quantitative estimate of drug-likeness (QED) is 0.267. The average molecular weight is 519 g/mol. The standard InChI is InChI=1S/C27H23ClN4O3S/c1-34-23-13-12-19(16-20(23)28)32-25(24(30-27(32)36)21-6-3-4-14-29-21)22-7-5-15-31(22)18-10-8-17(9-11-18)26(33)35-2/h3-16,24-25H,1-2H3,(H,30,36)/t24-,25-/m1/s1. The molecular weight excluding hydrogens is 496 g/mol. The lowest BCUT2D eigenvalue weighted by atomic mass is 10.0. The number of nitrogens with one attached hydrogen (secondary N) is 1. The van der Waals surface area contributed by atoms with Crippen molar-refractivity contribution in [3.63, 3.8) is 0 Å². The largest absolute Gasteiger partial charge is 0.495 e. The van der Waals surface area contributed by atoms with Crippen molar-refractivity contribution in [2.45, 2.75) is 12.1 Å². The molecule has 3 heterocycles. The van der Waals surface area contributed by atoms with E-state index in [9.17, 15) is 4.79 Å². The molecular formula is C27H23ClN4O3S. The van der Waals surface area contributed by atoms with E-state index >= 15 is 0 Å². The normalized spacial score (nSPS) is 17.1. The predicted octanol–water partition coefficient (Wildman–Crippen LogP) is 5.50. The molecule has 2 aromatic carbocycles. The summed E-state index contributed by atoms with van der Waals surface area (Å²) in [5.41, 5.74) is 4.06. The van der Waals surface area contributed by atoms with Crippen molar-refractivity contribution >= 4 is 40.6 Å². The number of hydrogen-bond donors (Lipinski definition) is 1. The third-order valence-electron chi connectivity index (χ3n) is 6.16. The van der Waals surface area contributed by atoms with Gasteiger partial charge in [0.25, 0.3) is 0 Å². The lowest BCUT2D eigenvalue weighted by molar-refractivity contribution is 0.0600. The van der Waals surface area contributed by atoms with Crippen molar-refractivity contribution in [2.75, 3.05) is 19.1 Å². The average Bonchev–Trinajstić information content (AvgIpc) is 3.53. The summed E-state index contributed by atoms with van der Waals surface area (Å²) in [7, 11) is 2.95. The number of esters is 1. The van der Waals surface area contributed by atoms with Crippen LogP contribution in [0.1, 0.15) is 33.8 Å². The third kappa shape index (κ3) is 4.29. The maximum atomic E-state index is 11.9. The number of anilines is 1. The molecule has 0 bridgehead atoms. The van der Waals surface area contributed by atoms with E-state index in [-0.39, 0.29) is 18.1 Å². The summed E-state index contributed by atoms with van der Waals surface area (Å²) in [6, 6.07) is 22.3. The molecule has 4 aromatic rings. The first-order valence-corrected chi connectivity index (χ1v) is 12.0. The summed E-state index contributed by atoms with van der Waals surface area (Å²) < 4.78 is 12.3. The molecule has 182 valence electrons. The van der Waals surface area contributed by atoms with Gasteiger partial charge in [-0.3, -0.25) is 4.98 Å². The molecule has 0 radical (unpaired) electrons. The first-order valence-electron chi connectivity index (χ1n) is 11.2. The van der Waals surface area contributed by atoms with Crippen molar-refractivity contribution < 1.29 is 14.3 Å². The molecule has 7 nitrogen and oxygen atoms in total. The molecule has 5 rings (SSSR count). The molecule has 0 saturated carbocycles. The SMILES string of the molecule is COC(=O)c1ccc(-n2cccc2[C@@H]2[C@@H](c3ccccn3)NC(=S)N2c2ccc(OC)c(Cl)c2)cc1. The summed E-state index contributed by atoms with van der Waals surface area (Å²) in [4.78, 5) is 18.6. The molecule has 1 N–H and O–H groups in total. The van der Waals surface area contributed by atoms with E-state index in [1.807, 2.05) is 60.8 Å². The summed E-state index contributed by atoms with van der Waals surface area (Å²) >= 11 is 12.3. The molecule has 1 aliphatic heterocycles. The minimum atomic E-state index is -0.377. The van der Waals surface area contributed by atoms with Gasteiger partial charge in [-0.25, -0.2) is 4.79 Å². The lowest BCUT2D eigenvalue weighted by Gasteiger charge is -2.29. The molecule has 0 aliphatic carbocycles. The Bertz CT molecular complexity index is 1410. The molecule has 9 heteroatoms. The summed E-state index contributed by atoms with van der Waals surface area (Å²) in [5, 5.41) is 4.51. The van der Waals surface area contributed by atoms with E-state index < -0.39 is 0 Å². The van der Waals surface area contributed by atoms with Gasteiger partial charge in [-0.2, -0.15) is 0 Å². The highest BCUT2D eigenvalue weighted by Crippen LogP contribution is 2.43. The fourth-order valence-corrected chi connectivity index (χ4v) is 5.08. The summed E-state index contributed by atoms with van der Waals surface area (Å²) in [5.74, 6) is 0.211. The maximum Gasteiger partial charge on any atom is 0.337 e. The highest BCUT2D eigenvalue weighted by atomic mass is 35.5. The number of carbonyl (C=O) groups is 1. The molecule has 2 aromatic heterocycles. The van der Waals surface area contributed by atoms with Gasteiger partial charge in [0.05, 0.1) is 36.5 Å². The molecule has 36 heavy (non-hydrogen) atoms. The van der Waals surface area contributed by atoms with Gasteiger partial charge < -0.3 is 24.3 Å². The molecule has 1 saturated heterocycles. The van der Waals surface area contributed by atoms with Crippen molar-refractivity contribution in [1.29, 1.82) is 0 Å². The van der Waals surface area contributed by atoms with Crippen LogP contribution in [-0.4, -0.2) is 34.9 Å². The minimum absolute atomic E-state index is 0.220. The molecule has 1 aliphatic rings. The maximum absolute atomic E-state index is 11.9. The molecule has 1 fully saturated rings. The number of benzene rings is 2. The van der Waals surface area contributed by atoms with Gasteiger partial charge in [0.2, 0.25) is 0 Å². The van der Waals surface area contributed by atoms with E-state index in [2.05, 4.69) is 25.8 Å². The zero-order chi connectivity index (χ0) is 25.2. The zero-order valence-electron chi connectivity index (χ0n) is 19.6. The zero-order valence-corrected chi connectivity index (χ0v) is 21.2. The predicted molar refractivity (Wildman–Crippen MR) is 143 cm³/mol. The van der Waals surface area contributed by atoms with Crippen molar-refractivity contribution in [1.82, 2.24) is 14.9 Å². The van der Waals surface area contributed by atoms with Crippen LogP contribution in [-0.2, 0) is 4.74 Å². The fraction of sp³-hybridized carbons (Fsp3) is 0.148. The third-order valence-corrected chi connectivity index (χ3v) is 6.77. The second kappa shape index (κ2) is 10.0. The van der Waals surface area contributed by atoms with Crippen LogP contribution in [0.5, 0.6) is 5.75 Å². The first-order chi connectivity index (χ1) is 17.5. The van der Waals surface area contributed by atoms with E-state index in [1.165, 1.54) is 7.11 Å². The van der Waals surface area contributed by atoms with E-state index in [0.29, 0.717) is 21.4 Å². The Balaban J connectivity index is 1.62. The number of ether oxygens (including phenoxy) is 2. The van der Waals surface area contributed by atoms with E-state index in [4.69, 9.17) is 33.3 Å². The monoisotopic (exact) mass is 518 g/mol. The highest BCUT2D eigenvalue weighted by molar-refractivity contribution is 7.80. The molecule has 0 spiro atoms. The van der Waals surface area contributed by atoms with Crippen LogP contribution in [0, 0.1) is 0 Å². The Hall–Kier alpha value is -3.88. The molecule has 0 unspecified atom stereocenters. The van der Waals surface area contributed by atoms with Gasteiger partial charge in [-0.15, -0.1) is 0 Å². The van der Waals surface area contributed by atoms with Crippen LogP contribution in [0.3, 0.4) is 0 Å². The van der Waals surface area contributed by atoms with Gasteiger partial charge in [0, 0.05) is 29.5 Å². The number of methoxy groups -OCH3 is 2. The van der Waals surface area contributed by atoms with E-state index in [0.717, 1.165) is 22.8 Å². The number of rotatable bonds is 6. The highest BCUT2D eigenvalue weighted by Gasteiger charge is 2.42. The Morgan fingerprint density at radius 2 is 1.81 bits per heavy atom. The van der Waals surface area contributed by atoms with Gasteiger partial charge in [0.15, 0.2) is 5.11 Å². The first kappa shape index (κ1) is 23.8. The van der Waals surface area contributed by atoms with Crippen LogP contribution in [0.4, 0.5) is 5.69 Å². The molecule has 2 atom stereocenters. The minimum Gasteiger partial charge on any atom is -0.495 e.